The van der Waals surface area contributed by atoms with Gasteiger partial charge >= 0.3 is 5.97 Å². The zero-order chi connectivity index (χ0) is 13.3. The Balaban J connectivity index is 2.40. The monoisotopic (exact) mass is 249 g/mol. The van der Waals surface area contributed by atoms with E-state index in [2.05, 4.69) is 0 Å². The molecule has 2 rings (SSSR count). The molecule has 1 N–H and O–H groups in total. The molecule has 0 aromatic heterocycles. The van der Waals surface area contributed by atoms with Gasteiger partial charge in [0.05, 0.1) is 12.2 Å². The second-order valence-corrected chi connectivity index (χ2v) is 4.79. The highest BCUT2D eigenvalue weighted by Crippen LogP contribution is 2.36. The van der Waals surface area contributed by atoms with Crippen molar-refractivity contribution in [2.45, 2.75) is 39.3 Å². The summed E-state index contributed by atoms with van der Waals surface area (Å²) in [6.07, 6.45) is 0.929. The maximum atomic E-state index is 11.2. The number of hydrogen-bond donors (Lipinski definition) is 1. The Morgan fingerprint density at radius 3 is 2.94 bits per heavy atom. The third kappa shape index (κ3) is 2.28. The maximum absolute atomic E-state index is 11.2. The van der Waals surface area contributed by atoms with Crippen LogP contribution in [0.3, 0.4) is 0 Å². The van der Waals surface area contributed by atoms with Crippen molar-refractivity contribution in [3.8, 4) is 5.75 Å². The zero-order valence-corrected chi connectivity index (χ0v) is 11.0. The maximum Gasteiger partial charge on any atom is 0.326 e. The van der Waals surface area contributed by atoms with Crippen molar-refractivity contribution in [1.82, 2.24) is 0 Å². The minimum absolute atomic E-state index is 0.0574. The number of aliphatic carboxylic acids is 1. The summed E-state index contributed by atoms with van der Waals surface area (Å²) in [6.45, 7) is 6.39. The molecule has 1 aliphatic heterocycles. The van der Waals surface area contributed by atoms with Crippen LogP contribution >= 0.6 is 0 Å². The lowest BCUT2D eigenvalue weighted by Crippen LogP contribution is -2.47. The van der Waals surface area contributed by atoms with Gasteiger partial charge in [0.1, 0.15) is 17.9 Å². The van der Waals surface area contributed by atoms with Crippen molar-refractivity contribution >= 4 is 11.7 Å². The number of fused-ring (bicyclic) bond motifs is 1. The van der Waals surface area contributed by atoms with Gasteiger partial charge in [-0.1, -0.05) is 13.0 Å². The number of nitrogens with zero attached hydrogens (tertiary/aromatic N) is 1. The Kier molecular flexibility index (Phi) is 3.45. The molecule has 0 radical (unpaired) electrons. The van der Waals surface area contributed by atoms with Crippen LogP contribution in [0.4, 0.5) is 5.69 Å². The van der Waals surface area contributed by atoms with Gasteiger partial charge in [-0.05, 0) is 38.0 Å². The molecule has 1 aromatic rings. The summed E-state index contributed by atoms with van der Waals surface area (Å²) in [5, 5.41) is 9.21. The fourth-order valence-corrected chi connectivity index (χ4v) is 2.20. The van der Waals surface area contributed by atoms with Crippen LogP contribution in [-0.2, 0) is 4.79 Å². The minimum Gasteiger partial charge on any atom is -0.486 e. The number of aryl methyl sites for hydroxylation is 1. The second kappa shape index (κ2) is 4.88. The Hall–Kier alpha value is -1.71. The predicted octanol–water partition coefficient (Wildman–Crippen LogP) is 2.45. The standard InChI is InChI=1S/C14H19NO3/c1-4-11-8-15(10(3)14(16)17)12-7-9(2)5-6-13(12)18-11/h5-7,10-11H,4,8H2,1-3H3,(H,16,17). The fraction of sp³-hybridized carbons (Fsp3) is 0.500. The van der Waals surface area contributed by atoms with E-state index in [-0.39, 0.29) is 6.10 Å². The lowest BCUT2D eigenvalue weighted by Gasteiger charge is -2.38. The molecule has 2 atom stereocenters. The highest BCUT2D eigenvalue weighted by atomic mass is 16.5. The number of carbonyl (C=O) groups is 1. The number of hydrogen-bond acceptors (Lipinski definition) is 3. The lowest BCUT2D eigenvalue weighted by atomic mass is 10.1. The molecular formula is C14H19NO3. The first kappa shape index (κ1) is 12.7. The average molecular weight is 249 g/mol. The normalized spacial score (nSPS) is 19.9. The van der Waals surface area contributed by atoms with Crippen molar-refractivity contribution in [3.63, 3.8) is 0 Å². The number of benzene rings is 1. The highest BCUT2D eigenvalue weighted by Gasteiger charge is 2.30. The summed E-state index contributed by atoms with van der Waals surface area (Å²) in [5.74, 6) is -0.0222. The van der Waals surface area contributed by atoms with Crippen LogP contribution in [-0.4, -0.2) is 29.8 Å². The van der Waals surface area contributed by atoms with E-state index in [4.69, 9.17) is 4.74 Å². The number of anilines is 1. The molecule has 4 nitrogen and oxygen atoms in total. The number of carboxylic acids is 1. The summed E-state index contributed by atoms with van der Waals surface area (Å²) in [6, 6.07) is 5.36. The Morgan fingerprint density at radius 1 is 1.61 bits per heavy atom. The van der Waals surface area contributed by atoms with E-state index in [0.717, 1.165) is 23.4 Å². The van der Waals surface area contributed by atoms with Gasteiger partial charge in [-0.15, -0.1) is 0 Å². The zero-order valence-electron chi connectivity index (χ0n) is 11.0. The summed E-state index contributed by atoms with van der Waals surface area (Å²) in [7, 11) is 0. The third-order valence-electron chi connectivity index (χ3n) is 3.40. The van der Waals surface area contributed by atoms with Gasteiger partial charge in [-0.25, -0.2) is 4.79 Å². The molecule has 1 aliphatic rings. The molecule has 18 heavy (non-hydrogen) atoms. The molecule has 4 heteroatoms. The Labute approximate surface area is 107 Å². The van der Waals surface area contributed by atoms with Crippen LogP contribution in [0.1, 0.15) is 25.8 Å². The SMILES string of the molecule is CCC1CN(C(C)C(=O)O)c2cc(C)ccc2O1. The first-order chi connectivity index (χ1) is 8.52. The van der Waals surface area contributed by atoms with Crippen LogP contribution in [0.15, 0.2) is 18.2 Å². The summed E-state index contributed by atoms with van der Waals surface area (Å²) >= 11 is 0. The van der Waals surface area contributed by atoms with Crippen LogP contribution < -0.4 is 9.64 Å². The Morgan fingerprint density at radius 2 is 2.33 bits per heavy atom. The quantitative estimate of drug-likeness (QED) is 0.894. The summed E-state index contributed by atoms with van der Waals surface area (Å²) < 4.78 is 5.86. The van der Waals surface area contributed by atoms with Crippen LogP contribution in [0, 0.1) is 6.92 Å². The number of rotatable bonds is 3. The van der Waals surface area contributed by atoms with Gasteiger partial charge in [-0.2, -0.15) is 0 Å². The van der Waals surface area contributed by atoms with E-state index in [1.54, 1.807) is 6.92 Å². The van der Waals surface area contributed by atoms with Gasteiger partial charge < -0.3 is 14.7 Å². The summed E-state index contributed by atoms with van der Waals surface area (Å²) in [4.78, 5) is 13.1. The minimum atomic E-state index is -0.806. The Bertz CT molecular complexity index is 458. The van der Waals surface area contributed by atoms with E-state index in [9.17, 15) is 9.90 Å². The lowest BCUT2D eigenvalue weighted by molar-refractivity contribution is -0.138. The van der Waals surface area contributed by atoms with Crippen LogP contribution in [0.5, 0.6) is 5.75 Å². The van der Waals surface area contributed by atoms with Crippen molar-refractivity contribution < 1.29 is 14.6 Å². The van der Waals surface area contributed by atoms with Gasteiger partial charge in [-0.3, -0.25) is 0 Å². The molecule has 1 aromatic carbocycles. The molecule has 98 valence electrons. The van der Waals surface area contributed by atoms with Gasteiger partial charge in [0, 0.05) is 0 Å². The fourth-order valence-electron chi connectivity index (χ4n) is 2.20. The molecule has 0 spiro atoms. The molecule has 2 unspecified atom stereocenters. The molecule has 1 heterocycles. The van der Waals surface area contributed by atoms with Gasteiger partial charge in [0.25, 0.3) is 0 Å². The molecule has 0 fully saturated rings. The van der Waals surface area contributed by atoms with E-state index in [1.807, 2.05) is 36.9 Å². The first-order valence-corrected chi connectivity index (χ1v) is 6.29. The van der Waals surface area contributed by atoms with Gasteiger partial charge in [0.15, 0.2) is 0 Å². The third-order valence-corrected chi connectivity index (χ3v) is 3.40. The highest BCUT2D eigenvalue weighted by molar-refractivity contribution is 5.79. The number of ether oxygens (including phenoxy) is 1. The second-order valence-electron chi connectivity index (χ2n) is 4.79. The number of carboxylic acid groups (broad SMARTS) is 1. The molecule has 0 amide bonds. The molecule has 0 saturated carbocycles. The van der Waals surface area contributed by atoms with Crippen LogP contribution in [0.25, 0.3) is 0 Å². The molecule has 0 bridgehead atoms. The molecule has 0 aliphatic carbocycles. The van der Waals surface area contributed by atoms with Crippen molar-refractivity contribution in [1.29, 1.82) is 0 Å². The van der Waals surface area contributed by atoms with Gasteiger partial charge in [0.2, 0.25) is 0 Å². The predicted molar refractivity (Wildman–Crippen MR) is 70.3 cm³/mol. The van der Waals surface area contributed by atoms with E-state index < -0.39 is 12.0 Å². The molecule has 0 saturated heterocycles. The van der Waals surface area contributed by atoms with E-state index >= 15 is 0 Å². The molecular weight excluding hydrogens is 230 g/mol. The topological polar surface area (TPSA) is 49.8 Å². The van der Waals surface area contributed by atoms with Crippen molar-refractivity contribution in [2.75, 3.05) is 11.4 Å². The van der Waals surface area contributed by atoms with E-state index in [1.165, 1.54) is 0 Å². The van der Waals surface area contributed by atoms with E-state index in [0.29, 0.717) is 6.54 Å². The van der Waals surface area contributed by atoms with Crippen LogP contribution in [0.2, 0.25) is 0 Å². The van der Waals surface area contributed by atoms with Crippen molar-refractivity contribution in [2.24, 2.45) is 0 Å². The summed E-state index contributed by atoms with van der Waals surface area (Å²) in [5.41, 5.74) is 1.99. The average Bonchev–Trinajstić information content (AvgIpc) is 2.36. The smallest absolute Gasteiger partial charge is 0.326 e. The largest absolute Gasteiger partial charge is 0.486 e. The van der Waals surface area contributed by atoms with Crippen molar-refractivity contribution in [3.05, 3.63) is 23.8 Å². The first-order valence-electron chi connectivity index (χ1n) is 6.29.